The molecule has 7 nitrogen and oxygen atoms in total. The SMILES string of the molecule is C[SiH](C)OC(C(C)(C)C)[C@]1(O)C[C@@H](C(=O)O)N(C(=O)O)C1. The summed E-state index contributed by atoms with van der Waals surface area (Å²) in [6.07, 6.45) is -2.10. The minimum atomic E-state index is -1.49. The molecule has 3 N–H and O–H groups in total. The van der Waals surface area contributed by atoms with Crippen molar-refractivity contribution in [3.63, 3.8) is 0 Å². The number of hydrogen-bond donors (Lipinski definition) is 3. The lowest BCUT2D eigenvalue weighted by Crippen LogP contribution is -2.54. The molecule has 1 rings (SSSR count). The zero-order valence-electron chi connectivity index (χ0n) is 13.2. The zero-order chi connectivity index (χ0) is 16.6. The molecule has 8 heteroatoms. The van der Waals surface area contributed by atoms with Gasteiger partial charge in [0.15, 0.2) is 9.04 Å². The van der Waals surface area contributed by atoms with Crippen molar-refractivity contribution in [2.45, 2.75) is 58.0 Å². The van der Waals surface area contributed by atoms with Gasteiger partial charge in [-0.25, -0.2) is 9.59 Å². The molecule has 1 aliphatic heterocycles. The molecule has 0 aliphatic carbocycles. The lowest BCUT2D eigenvalue weighted by atomic mass is 9.77. The molecule has 1 fully saturated rings. The molecule has 1 aliphatic rings. The van der Waals surface area contributed by atoms with E-state index in [1.807, 2.05) is 33.9 Å². The maximum absolute atomic E-state index is 11.3. The van der Waals surface area contributed by atoms with Crippen molar-refractivity contribution in [2.75, 3.05) is 6.54 Å². The summed E-state index contributed by atoms with van der Waals surface area (Å²) in [6.45, 7) is 9.35. The molecule has 1 amide bonds. The first-order valence-electron chi connectivity index (χ1n) is 6.98. The number of hydrogen-bond acceptors (Lipinski definition) is 4. The second kappa shape index (κ2) is 5.94. The first-order valence-corrected chi connectivity index (χ1v) is 9.77. The van der Waals surface area contributed by atoms with Crippen LogP contribution < -0.4 is 0 Å². The van der Waals surface area contributed by atoms with Crippen molar-refractivity contribution in [1.82, 2.24) is 4.90 Å². The fraction of sp³-hybridized carbons (Fsp3) is 0.846. The van der Waals surface area contributed by atoms with E-state index >= 15 is 0 Å². The molecular weight excluding hydrogens is 294 g/mol. The van der Waals surface area contributed by atoms with Gasteiger partial charge in [0.2, 0.25) is 0 Å². The Morgan fingerprint density at radius 1 is 1.33 bits per heavy atom. The largest absolute Gasteiger partial charge is 0.480 e. The van der Waals surface area contributed by atoms with Gasteiger partial charge in [0, 0.05) is 6.42 Å². The molecular formula is C13H25NO6Si. The number of likely N-dealkylation sites (tertiary alicyclic amines) is 1. The van der Waals surface area contributed by atoms with Gasteiger partial charge in [-0.15, -0.1) is 0 Å². The molecule has 0 spiro atoms. The van der Waals surface area contributed by atoms with E-state index < -0.39 is 44.3 Å². The number of amides is 1. The molecule has 0 aromatic carbocycles. The Labute approximate surface area is 126 Å². The van der Waals surface area contributed by atoms with Gasteiger partial charge in [0.05, 0.1) is 12.6 Å². The molecule has 1 unspecified atom stereocenters. The summed E-state index contributed by atoms with van der Waals surface area (Å²) in [7, 11) is -1.49. The van der Waals surface area contributed by atoms with Crippen LogP contribution in [0.4, 0.5) is 4.79 Å². The van der Waals surface area contributed by atoms with Crippen LogP contribution >= 0.6 is 0 Å². The lowest BCUT2D eigenvalue weighted by molar-refractivity contribution is -0.142. The van der Waals surface area contributed by atoms with E-state index in [-0.39, 0.29) is 13.0 Å². The minimum absolute atomic E-state index is 0.155. The van der Waals surface area contributed by atoms with Gasteiger partial charge in [0.25, 0.3) is 0 Å². The molecule has 1 saturated heterocycles. The van der Waals surface area contributed by atoms with Crippen molar-refractivity contribution < 1.29 is 29.3 Å². The normalized spacial score (nSPS) is 28.0. The number of carboxylic acid groups (broad SMARTS) is 2. The predicted molar refractivity (Wildman–Crippen MR) is 78.9 cm³/mol. The van der Waals surface area contributed by atoms with Crippen LogP contribution in [0.15, 0.2) is 0 Å². The Kier molecular flexibility index (Phi) is 5.07. The van der Waals surface area contributed by atoms with Gasteiger partial charge >= 0.3 is 12.1 Å². The third-order valence-corrected chi connectivity index (χ3v) is 4.40. The molecule has 0 aromatic rings. The number of nitrogens with zero attached hydrogens (tertiary/aromatic N) is 1. The fourth-order valence-electron chi connectivity index (χ4n) is 2.94. The van der Waals surface area contributed by atoms with Crippen molar-refractivity contribution in [2.24, 2.45) is 5.41 Å². The Balaban J connectivity index is 3.13. The summed E-state index contributed by atoms with van der Waals surface area (Å²) in [6, 6.07) is -1.24. The fourth-order valence-corrected chi connectivity index (χ4v) is 4.14. The van der Waals surface area contributed by atoms with Crippen LogP contribution in [0.25, 0.3) is 0 Å². The van der Waals surface area contributed by atoms with Gasteiger partial charge in [0.1, 0.15) is 11.6 Å². The van der Waals surface area contributed by atoms with Crippen LogP contribution in [-0.2, 0) is 9.22 Å². The van der Waals surface area contributed by atoms with Gasteiger partial charge in [-0.3, -0.25) is 4.90 Å². The van der Waals surface area contributed by atoms with Crippen molar-refractivity contribution in [3.8, 4) is 0 Å². The third kappa shape index (κ3) is 3.95. The molecule has 3 atom stereocenters. The van der Waals surface area contributed by atoms with E-state index in [9.17, 15) is 19.8 Å². The van der Waals surface area contributed by atoms with Gasteiger partial charge < -0.3 is 19.7 Å². The highest BCUT2D eigenvalue weighted by molar-refractivity contribution is 6.48. The van der Waals surface area contributed by atoms with Gasteiger partial charge in [-0.2, -0.15) is 0 Å². The summed E-state index contributed by atoms with van der Waals surface area (Å²) >= 11 is 0. The first kappa shape index (κ1) is 17.9. The van der Waals surface area contributed by atoms with Crippen LogP contribution in [0, 0.1) is 5.41 Å². The topological polar surface area (TPSA) is 107 Å². The molecule has 1 heterocycles. The molecule has 0 aromatic heterocycles. The summed E-state index contributed by atoms with van der Waals surface area (Å²) in [5.74, 6) is -1.25. The average molecular weight is 319 g/mol. The molecule has 21 heavy (non-hydrogen) atoms. The van der Waals surface area contributed by atoms with Gasteiger partial charge in [-0.1, -0.05) is 20.8 Å². The molecule has 0 radical (unpaired) electrons. The van der Waals surface area contributed by atoms with E-state index in [1.165, 1.54) is 0 Å². The molecule has 0 saturated carbocycles. The summed E-state index contributed by atoms with van der Waals surface area (Å²) < 4.78 is 5.93. The van der Waals surface area contributed by atoms with E-state index in [1.54, 1.807) is 0 Å². The second-order valence-electron chi connectivity index (χ2n) is 7.00. The van der Waals surface area contributed by atoms with Crippen LogP contribution in [0.3, 0.4) is 0 Å². The maximum Gasteiger partial charge on any atom is 0.408 e. The number of carbonyl (C=O) groups is 2. The second-order valence-corrected chi connectivity index (χ2v) is 9.37. The quantitative estimate of drug-likeness (QED) is 0.667. The zero-order valence-corrected chi connectivity index (χ0v) is 14.3. The smallest absolute Gasteiger partial charge is 0.408 e. The Morgan fingerprint density at radius 3 is 2.14 bits per heavy atom. The standard InChI is InChI=1S/C13H25NO6Si/c1-12(2,3)10(20-21(4)5)13(19)6-8(9(15)16)14(7-13)11(17)18/h8,10,19,21H,6-7H2,1-5H3,(H,15,16)(H,17,18)/t8-,10?,13-/m0/s1. The minimum Gasteiger partial charge on any atom is -0.480 e. The summed E-state index contributed by atoms with van der Waals surface area (Å²) in [5.41, 5.74) is -1.92. The number of aliphatic hydroxyl groups is 1. The third-order valence-electron chi connectivity index (χ3n) is 3.58. The Bertz CT molecular complexity index is 397. The van der Waals surface area contributed by atoms with Gasteiger partial charge in [-0.05, 0) is 18.5 Å². The van der Waals surface area contributed by atoms with Crippen molar-refractivity contribution in [1.29, 1.82) is 0 Å². The van der Waals surface area contributed by atoms with Crippen molar-refractivity contribution in [3.05, 3.63) is 0 Å². The maximum atomic E-state index is 11.3. The summed E-state index contributed by atoms with van der Waals surface area (Å²) in [5, 5.41) is 29.2. The number of aliphatic carboxylic acids is 1. The highest BCUT2D eigenvalue weighted by Gasteiger charge is 2.55. The molecule has 0 bridgehead atoms. The van der Waals surface area contributed by atoms with Crippen molar-refractivity contribution >= 4 is 21.1 Å². The van der Waals surface area contributed by atoms with E-state index in [0.717, 1.165) is 4.90 Å². The number of carboxylic acids is 1. The lowest BCUT2D eigenvalue weighted by Gasteiger charge is -2.42. The van der Waals surface area contributed by atoms with Crippen LogP contribution in [-0.4, -0.2) is 65.6 Å². The van der Waals surface area contributed by atoms with Crippen LogP contribution in [0.2, 0.25) is 13.1 Å². The summed E-state index contributed by atoms with van der Waals surface area (Å²) in [4.78, 5) is 23.3. The number of rotatable bonds is 4. The monoisotopic (exact) mass is 319 g/mol. The number of β-amino-alcohol motifs (C(OH)–C–C–N with tert-alkyl or cyclic N) is 1. The highest BCUT2D eigenvalue weighted by Crippen LogP contribution is 2.39. The van der Waals surface area contributed by atoms with E-state index in [2.05, 4.69) is 0 Å². The average Bonchev–Trinajstić information content (AvgIpc) is 2.64. The van der Waals surface area contributed by atoms with Crippen LogP contribution in [0.1, 0.15) is 27.2 Å². The van der Waals surface area contributed by atoms with Crippen LogP contribution in [0.5, 0.6) is 0 Å². The Hall–Kier alpha value is -1.12. The van der Waals surface area contributed by atoms with E-state index in [0.29, 0.717) is 0 Å². The van der Waals surface area contributed by atoms with E-state index in [4.69, 9.17) is 9.53 Å². The molecule has 122 valence electrons. The predicted octanol–water partition coefficient (Wildman–Crippen LogP) is 0.969. The Morgan fingerprint density at radius 2 is 1.86 bits per heavy atom. The first-order chi connectivity index (χ1) is 9.38. The highest BCUT2D eigenvalue weighted by atomic mass is 28.3.